The van der Waals surface area contributed by atoms with Gasteiger partial charge in [-0.3, -0.25) is 9.89 Å². The van der Waals surface area contributed by atoms with Crippen molar-refractivity contribution >= 4 is 17.4 Å². The van der Waals surface area contributed by atoms with Crippen molar-refractivity contribution < 1.29 is 4.79 Å². The highest BCUT2D eigenvalue weighted by Crippen LogP contribution is 2.39. The van der Waals surface area contributed by atoms with Crippen molar-refractivity contribution in [3.63, 3.8) is 0 Å². The van der Waals surface area contributed by atoms with Crippen LogP contribution in [0, 0.1) is 6.92 Å². The number of amides is 1. The topological polar surface area (TPSA) is 75.1 Å². The Kier molecular flexibility index (Phi) is 3.18. The summed E-state index contributed by atoms with van der Waals surface area (Å²) in [7, 11) is 0. The van der Waals surface area contributed by atoms with Crippen LogP contribution in [0.25, 0.3) is 5.65 Å². The third kappa shape index (κ3) is 2.72. The molecule has 1 aliphatic rings. The average Bonchev–Trinajstić information content (AvgIpc) is 3.13. The molecule has 1 aliphatic carbocycles. The smallest absolute Gasteiger partial charge is 0.234 e. The summed E-state index contributed by atoms with van der Waals surface area (Å²) in [5.41, 5.74) is 3.80. The van der Waals surface area contributed by atoms with Gasteiger partial charge in [-0.25, -0.2) is 4.98 Å². The summed E-state index contributed by atoms with van der Waals surface area (Å²) in [5, 5.41) is 10.0. The summed E-state index contributed by atoms with van der Waals surface area (Å²) in [5.74, 6) is 0.804. The molecule has 0 unspecified atom stereocenters. The highest BCUT2D eigenvalue weighted by molar-refractivity contribution is 5.94. The summed E-state index contributed by atoms with van der Waals surface area (Å²) in [6.07, 6.45) is 6.30. The maximum atomic E-state index is 12.4. The Bertz CT molecular complexity index is 874. The zero-order valence-corrected chi connectivity index (χ0v) is 13.2. The average molecular weight is 309 g/mol. The van der Waals surface area contributed by atoms with Crippen LogP contribution in [-0.2, 0) is 4.79 Å². The fourth-order valence-electron chi connectivity index (χ4n) is 2.70. The molecule has 1 saturated carbocycles. The Morgan fingerprint density at radius 2 is 2.22 bits per heavy atom. The van der Waals surface area contributed by atoms with Gasteiger partial charge in [0.2, 0.25) is 5.91 Å². The third-order valence-electron chi connectivity index (χ3n) is 4.31. The van der Waals surface area contributed by atoms with Crippen LogP contribution < -0.4 is 5.32 Å². The lowest BCUT2D eigenvalue weighted by Crippen LogP contribution is -2.19. The van der Waals surface area contributed by atoms with Crippen LogP contribution in [0.15, 0.2) is 30.6 Å². The fraction of sp³-hybridized carbons (Fsp3) is 0.353. The van der Waals surface area contributed by atoms with Gasteiger partial charge in [0, 0.05) is 24.4 Å². The number of carbonyl (C=O) groups is 1. The number of aromatic nitrogens is 4. The minimum absolute atomic E-state index is 0.0869. The van der Waals surface area contributed by atoms with E-state index in [1.54, 1.807) is 0 Å². The van der Waals surface area contributed by atoms with Gasteiger partial charge < -0.3 is 9.72 Å². The Labute approximate surface area is 133 Å². The number of rotatable bonds is 4. The number of pyridine rings is 1. The lowest BCUT2D eigenvalue weighted by Gasteiger charge is -2.07. The zero-order valence-electron chi connectivity index (χ0n) is 13.2. The highest BCUT2D eigenvalue weighted by atomic mass is 16.2. The second-order valence-corrected chi connectivity index (χ2v) is 6.33. The van der Waals surface area contributed by atoms with Gasteiger partial charge in [0.1, 0.15) is 11.5 Å². The SMILES string of the molecule is Cc1ccc2nc([C@@H](C)C(=O)Nc3cc(C4CC4)n[nH]3)cn2c1. The van der Waals surface area contributed by atoms with Crippen molar-refractivity contribution in [2.24, 2.45) is 0 Å². The van der Waals surface area contributed by atoms with Crippen molar-refractivity contribution in [1.82, 2.24) is 19.6 Å². The van der Waals surface area contributed by atoms with Crippen molar-refractivity contribution in [3.8, 4) is 0 Å². The Morgan fingerprint density at radius 3 is 3.00 bits per heavy atom. The predicted octanol–water partition coefficient (Wildman–Crippen LogP) is 2.99. The Morgan fingerprint density at radius 1 is 1.39 bits per heavy atom. The van der Waals surface area contributed by atoms with Crippen molar-refractivity contribution in [1.29, 1.82) is 0 Å². The molecule has 4 rings (SSSR count). The number of imidazole rings is 1. The summed E-state index contributed by atoms with van der Waals surface area (Å²) >= 11 is 0. The number of anilines is 1. The Balaban J connectivity index is 1.51. The van der Waals surface area contributed by atoms with Gasteiger partial charge in [-0.1, -0.05) is 6.07 Å². The first-order valence-corrected chi connectivity index (χ1v) is 7.91. The lowest BCUT2D eigenvalue weighted by atomic mass is 10.1. The van der Waals surface area contributed by atoms with Gasteiger partial charge in [0.05, 0.1) is 17.3 Å². The normalized spacial score (nSPS) is 15.7. The fourth-order valence-corrected chi connectivity index (χ4v) is 2.70. The van der Waals surface area contributed by atoms with E-state index in [1.807, 2.05) is 48.8 Å². The number of H-pyrrole nitrogens is 1. The summed E-state index contributed by atoms with van der Waals surface area (Å²) < 4.78 is 1.95. The van der Waals surface area contributed by atoms with E-state index in [2.05, 4.69) is 20.5 Å². The molecule has 23 heavy (non-hydrogen) atoms. The maximum Gasteiger partial charge on any atom is 0.234 e. The molecule has 1 fully saturated rings. The number of nitrogens with one attached hydrogen (secondary N) is 2. The van der Waals surface area contributed by atoms with E-state index in [4.69, 9.17) is 0 Å². The number of carbonyl (C=O) groups excluding carboxylic acids is 1. The van der Waals surface area contributed by atoms with E-state index in [0.717, 1.165) is 22.6 Å². The second kappa shape index (κ2) is 5.22. The van der Waals surface area contributed by atoms with Gasteiger partial charge in [-0.15, -0.1) is 0 Å². The van der Waals surface area contributed by atoms with Gasteiger partial charge in [-0.2, -0.15) is 5.10 Å². The number of aryl methyl sites for hydroxylation is 1. The van der Waals surface area contributed by atoms with Gasteiger partial charge in [0.25, 0.3) is 0 Å². The molecule has 118 valence electrons. The monoisotopic (exact) mass is 309 g/mol. The molecular formula is C17H19N5O. The van der Waals surface area contributed by atoms with E-state index < -0.39 is 0 Å². The van der Waals surface area contributed by atoms with Crippen LogP contribution in [0.3, 0.4) is 0 Å². The largest absolute Gasteiger partial charge is 0.311 e. The molecule has 6 nitrogen and oxygen atoms in total. The molecule has 1 atom stereocenters. The van der Waals surface area contributed by atoms with Crippen LogP contribution >= 0.6 is 0 Å². The first kappa shape index (κ1) is 14.0. The minimum atomic E-state index is -0.331. The first-order valence-electron chi connectivity index (χ1n) is 7.91. The molecule has 0 bridgehead atoms. The molecule has 2 N–H and O–H groups in total. The van der Waals surface area contributed by atoms with E-state index in [-0.39, 0.29) is 11.8 Å². The van der Waals surface area contributed by atoms with Gasteiger partial charge in [0.15, 0.2) is 0 Å². The molecule has 0 aromatic carbocycles. The molecule has 3 aromatic heterocycles. The van der Waals surface area contributed by atoms with Crippen molar-refractivity contribution in [2.45, 2.75) is 38.5 Å². The molecular weight excluding hydrogens is 290 g/mol. The third-order valence-corrected chi connectivity index (χ3v) is 4.31. The Hall–Kier alpha value is -2.63. The van der Waals surface area contributed by atoms with Crippen LogP contribution in [0.5, 0.6) is 0 Å². The predicted molar refractivity (Wildman–Crippen MR) is 87.5 cm³/mol. The number of nitrogens with zero attached hydrogens (tertiary/aromatic N) is 3. The summed E-state index contributed by atoms with van der Waals surface area (Å²) in [6.45, 7) is 3.90. The number of fused-ring (bicyclic) bond motifs is 1. The quantitative estimate of drug-likeness (QED) is 0.778. The van der Waals surface area contributed by atoms with E-state index in [9.17, 15) is 4.79 Å². The standard InChI is InChI=1S/C17H19N5O/c1-10-3-6-16-18-14(9-22(16)8-10)11(2)17(23)19-15-7-13(20-21-15)12-4-5-12/h3,6-9,11-12H,4-5H2,1-2H3,(H2,19,20,21,23)/t11-/m1/s1. The van der Waals surface area contributed by atoms with Crippen LogP contribution in [-0.4, -0.2) is 25.5 Å². The van der Waals surface area contributed by atoms with Crippen LogP contribution in [0.1, 0.15) is 48.6 Å². The molecule has 3 aromatic rings. The van der Waals surface area contributed by atoms with Crippen LogP contribution in [0.2, 0.25) is 0 Å². The molecule has 0 saturated heterocycles. The lowest BCUT2D eigenvalue weighted by molar-refractivity contribution is -0.117. The molecule has 0 radical (unpaired) electrons. The highest BCUT2D eigenvalue weighted by Gasteiger charge is 2.26. The number of hydrogen-bond donors (Lipinski definition) is 2. The molecule has 1 amide bonds. The first-order chi connectivity index (χ1) is 11.1. The molecule has 6 heteroatoms. The van der Waals surface area contributed by atoms with Gasteiger partial charge >= 0.3 is 0 Å². The van der Waals surface area contributed by atoms with Crippen molar-refractivity contribution in [2.75, 3.05) is 5.32 Å². The summed E-state index contributed by atoms with van der Waals surface area (Å²) in [6, 6.07) is 5.90. The van der Waals surface area contributed by atoms with Crippen LogP contribution in [0.4, 0.5) is 5.82 Å². The van der Waals surface area contributed by atoms with E-state index in [0.29, 0.717) is 11.7 Å². The number of hydrogen-bond acceptors (Lipinski definition) is 3. The maximum absolute atomic E-state index is 12.4. The molecule has 3 heterocycles. The van der Waals surface area contributed by atoms with Gasteiger partial charge in [-0.05, 0) is 38.3 Å². The second-order valence-electron chi connectivity index (χ2n) is 6.33. The molecule has 0 aliphatic heterocycles. The van der Waals surface area contributed by atoms with Crippen molar-refractivity contribution in [3.05, 3.63) is 47.5 Å². The minimum Gasteiger partial charge on any atom is -0.311 e. The number of aromatic amines is 1. The summed E-state index contributed by atoms with van der Waals surface area (Å²) in [4.78, 5) is 17.0. The zero-order chi connectivity index (χ0) is 16.0. The van der Waals surface area contributed by atoms with E-state index in [1.165, 1.54) is 12.8 Å². The van der Waals surface area contributed by atoms with E-state index >= 15 is 0 Å². The molecule has 0 spiro atoms.